The number of rotatable bonds is 6. The van der Waals surface area contributed by atoms with E-state index in [0.717, 1.165) is 37.4 Å². The molecule has 0 bridgehead atoms. The third-order valence-electron chi connectivity index (χ3n) is 4.93. The van der Waals surface area contributed by atoms with Crippen LogP contribution in [-0.4, -0.2) is 34.2 Å². The van der Waals surface area contributed by atoms with Crippen LogP contribution < -0.4 is 15.5 Å². The molecule has 1 aliphatic rings. The first-order valence-corrected chi connectivity index (χ1v) is 10.2. The van der Waals surface area contributed by atoms with Crippen molar-refractivity contribution in [2.75, 3.05) is 23.3 Å². The molecule has 2 N–H and O–H groups in total. The van der Waals surface area contributed by atoms with Crippen LogP contribution in [-0.2, 0) is 6.42 Å². The van der Waals surface area contributed by atoms with E-state index in [2.05, 4.69) is 57.8 Å². The minimum absolute atomic E-state index is 0.518. The van der Waals surface area contributed by atoms with E-state index in [0.29, 0.717) is 17.1 Å². The Morgan fingerprint density at radius 3 is 2.81 bits per heavy atom. The van der Waals surface area contributed by atoms with Crippen molar-refractivity contribution in [1.29, 1.82) is 0 Å². The number of nitrogens with zero attached hydrogens (tertiary/aromatic N) is 3. The molecule has 1 fully saturated rings. The highest BCUT2D eigenvalue weighted by Crippen LogP contribution is 2.24. The van der Waals surface area contributed by atoms with Gasteiger partial charge in [0.2, 0.25) is 5.95 Å². The van der Waals surface area contributed by atoms with Gasteiger partial charge in [-0.2, -0.15) is 4.98 Å². The van der Waals surface area contributed by atoms with Crippen molar-refractivity contribution < 1.29 is 0 Å². The lowest BCUT2D eigenvalue weighted by Crippen LogP contribution is -2.38. The summed E-state index contributed by atoms with van der Waals surface area (Å²) < 4.78 is 0. The first-order valence-electron chi connectivity index (χ1n) is 9.83. The monoisotopic (exact) mass is 383 g/mol. The minimum Gasteiger partial charge on any atom is -0.362 e. The molecule has 144 valence electrons. The van der Waals surface area contributed by atoms with Crippen LogP contribution in [0.3, 0.4) is 0 Å². The van der Waals surface area contributed by atoms with Gasteiger partial charge in [-0.15, -0.1) is 0 Å². The normalized spacial score (nSPS) is 16.8. The lowest BCUT2D eigenvalue weighted by molar-refractivity contribution is 0.481. The molecular formula is C21H29N5S. The Bertz CT molecular complexity index is 749. The third kappa shape index (κ3) is 5.89. The van der Waals surface area contributed by atoms with Crippen molar-refractivity contribution in [3.05, 3.63) is 47.7 Å². The van der Waals surface area contributed by atoms with Gasteiger partial charge in [0.1, 0.15) is 5.82 Å². The molecule has 0 spiro atoms. The van der Waals surface area contributed by atoms with Crippen LogP contribution in [0.4, 0.5) is 11.8 Å². The number of piperidine rings is 1. The molecule has 5 nitrogen and oxygen atoms in total. The maximum absolute atomic E-state index is 5.42. The van der Waals surface area contributed by atoms with Crippen molar-refractivity contribution in [1.82, 2.24) is 15.3 Å². The standard InChI is InChI=1S/C21H29N5S/c1-16-15-19(26-14-7-6-9-17(26)2)24-20(23-16)25-21(27)22-13-8-12-18-10-4-3-5-11-18/h3-5,10-11,15,17H,6-9,12-14H2,1-2H3,(H2,22,23,24,25,27). The highest BCUT2D eigenvalue weighted by molar-refractivity contribution is 7.80. The molecule has 6 heteroatoms. The number of hydrogen-bond donors (Lipinski definition) is 2. The summed E-state index contributed by atoms with van der Waals surface area (Å²) >= 11 is 5.42. The van der Waals surface area contributed by atoms with E-state index in [4.69, 9.17) is 17.2 Å². The molecule has 0 amide bonds. The molecule has 0 saturated carbocycles. The van der Waals surface area contributed by atoms with Gasteiger partial charge in [-0.1, -0.05) is 30.3 Å². The van der Waals surface area contributed by atoms with E-state index in [1.807, 2.05) is 13.0 Å². The summed E-state index contributed by atoms with van der Waals surface area (Å²) in [4.78, 5) is 11.6. The summed E-state index contributed by atoms with van der Waals surface area (Å²) in [6.07, 6.45) is 5.79. The highest BCUT2D eigenvalue weighted by atomic mass is 32.1. The van der Waals surface area contributed by atoms with Gasteiger partial charge in [-0.05, 0) is 63.7 Å². The third-order valence-corrected chi connectivity index (χ3v) is 5.18. The molecule has 1 saturated heterocycles. The van der Waals surface area contributed by atoms with E-state index in [-0.39, 0.29) is 0 Å². The largest absolute Gasteiger partial charge is 0.362 e. The molecule has 2 aromatic rings. The summed E-state index contributed by atoms with van der Waals surface area (Å²) in [7, 11) is 0. The van der Waals surface area contributed by atoms with Gasteiger partial charge < -0.3 is 15.5 Å². The van der Waals surface area contributed by atoms with Crippen LogP contribution in [0.25, 0.3) is 0 Å². The molecule has 0 radical (unpaired) electrons. The van der Waals surface area contributed by atoms with Crippen LogP contribution in [0.1, 0.15) is 43.9 Å². The van der Waals surface area contributed by atoms with Gasteiger partial charge in [0.15, 0.2) is 5.11 Å². The van der Waals surface area contributed by atoms with Crippen molar-refractivity contribution in [3.8, 4) is 0 Å². The second kappa shape index (κ2) is 9.65. The number of anilines is 2. The highest BCUT2D eigenvalue weighted by Gasteiger charge is 2.20. The fourth-order valence-electron chi connectivity index (χ4n) is 3.48. The van der Waals surface area contributed by atoms with Crippen molar-refractivity contribution in [2.24, 2.45) is 0 Å². The topological polar surface area (TPSA) is 53.1 Å². The summed E-state index contributed by atoms with van der Waals surface area (Å²) in [5.74, 6) is 1.56. The number of nitrogens with one attached hydrogen (secondary N) is 2. The number of hydrogen-bond acceptors (Lipinski definition) is 4. The summed E-state index contributed by atoms with van der Waals surface area (Å²) in [5.41, 5.74) is 2.30. The van der Waals surface area contributed by atoms with Crippen LogP contribution >= 0.6 is 12.2 Å². The fourth-order valence-corrected chi connectivity index (χ4v) is 3.67. The Labute approximate surface area is 167 Å². The number of aromatic nitrogens is 2. The molecule has 1 aromatic heterocycles. The number of thiocarbonyl (C=S) groups is 1. The molecule has 1 aromatic carbocycles. The zero-order valence-electron chi connectivity index (χ0n) is 16.2. The lowest BCUT2D eigenvalue weighted by Gasteiger charge is -2.34. The molecule has 1 aliphatic heterocycles. The van der Waals surface area contributed by atoms with Crippen LogP contribution in [0.2, 0.25) is 0 Å². The van der Waals surface area contributed by atoms with E-state index >= 15 is 0 Å². The van der Waals surface area contributed by atoms with Crippen LogP contribution in [0.5, 0.6) is 0 Å². The van der Waals surface area contributed by atoms with Crippen LogP contribution in [0, 0.1) is 6.92 Å². The minimum atomic E-state index is 0.518. The average molecular weight is 384 g/mol. The first-order chi connectivity index (χ1) is 13.1. The van der Waals surface area contributed by atoms with Gasteiger partial charge in [0.05, 0.1) is 0 Å². The first kappa shape index (κ1) is 19.5. The van der Waals surface area contributed by atoms with E-state index in [9.17, 15) is 0 Å². The van der Waals surface area contributed by atoms with Gasteiger partial charge in [-0.3, -0.25) is 0 Å². The van der Waals surface area contributed by atoms with E-state index in [1.165, 1.54) is 24.8 Å². The smallest absolute Gasteiger partial charge is 0.231 e. The molecule has 0 aliphatic carbocycles. The predicted molar refractivity (Wildman–Crippen MR) is 116 cm³/mol. The maximum Gasteiger partial charge on any atom is 0.231 e. The Hall–Kier alpha value is -2.21. The molecular weight excluding hydrogens is 354 g/mol. The lowest BCUT2D eigenvalue weighted by atomic mass is 10.0. The van der Waals surface area contributed by atoms with Gasteiger partial charge in [0.25, 0.3) is 0 Å². The Morgan fingerprint density at radius 1 is 1.22 bits per heavy atom. The predicted octanol–water partition coefficient (Wildman–Crippen LogP) is 4.08. The average Bonchev–Trinajstić information content (AvgIpc) is 2.66. The Kier molecular flexibility index (Phi) is 6.98. The fraction of sp³-hybridized carbons (Fsp3) is 0.476. The summed E-state index contributed by atoms with van der Waals surface area (Å²) in [5, 5.41) is 6.98. The van der Waals surface area contributed by atoms with Crippen molar-refractivity contribution in [3.63, 3.8) is 0 Å². The second-order valence-electron chi connectivity index (χ2n) is 7.20. The number of aryl methyl sites for hydroxylation is 2. The zero-order chi connectivity index (χ0) is 19.1. The van der Waals surface area contributed by atoms with Gasteiger partial charge in [0, 0.05) is 30.9 Å². The van der Waals surface area contributed by atoms with Gasteiger partial charge in [-0.25, -0.2) is 4.98 Å². The Morgan fingerprint density at radius 2 is 2.04 bits per heavy atom. The molecule has 3 rings (SSSR count). The van der Waals surface area contributed by atoms with Crippen molar-refractivity contribution >= 4 is 29.1 Å². The molecule has 1 atom stereocenters. The molecule has 27 heavy (non-hydrogen) atoms. The zero-order valence-corrected chi connectivity index (χ0v) is 17.1. The van der Waals surface area contributed by atoms with E-state index in [1.54, 1.807) is 0 Å². The SMILES string of the molecule is Cc1cc(N2CCCCC2C)nc(NC(=S)NCCCc2ccccc2)n1. The van der Waals surface area contributed by atoms with Crippen LogP contribution in [0.15, 0.2) is 36.4 Å². The molecule has 2 heterocycles. The van der Waals surface area contributed by atoms with E-state index < -0.39 is 0 Å². The Balaban J connectivity index is 1.51. The maximum atomic E-state index is 5.42. The number of benzene rings is 1. The van der Waals surface area contributed by atoms with Gasteiger partial charge >= 0.3 is 0 Å². The molecule has 1 unspecified atom stereocenters. The second-order valence-corrected chi connectivity index (χ2v) is 7.61. The van der Waals surface area contributed by atoms with Crippen molar-refractivity contribution in [2.45, 2.75) is 52.0 Å². The summed E-state index contributed by atoms with van der Waals surface area (Å²) in [6.45, 7) is 6.14. The summed E-state index contributed by atoms with van der Waals surface area (Å²) in [6, 6.07) is 13.1. The quantitative estimate of drug-likeness (QED) is 0.579.